The van der Waals surface area contributed by atoms with Gasteiger partial charge in [0, 0.05) is 17.5 Å². The Hall–Kier alpha value is -1.55. The summed E-state index contributed by atoms with van der Waals surface area (Å²) in [5.41, 5.74) is 3.04. The summed E-state index contributed by atoms with van der Waals surface area (Å²) in [7, 11) is 1.58. The number of quaternary nitrogens is 1. The minimum absolute atomic E-state index is 0.0132. The molecule has 1 aromatic carbocycles. The standard InChI is InChI=1S/C23H31N2O2/c1-3-25-13-6-9-21-10-11-23(17(15-21)19(26)27-2)22(12-14-25,20(21)25)16-7-4-5-8-18(16)24-23/h4-5,7-8,17,20,24H,3,6,9-15H2,1-2H3/q+1/t17-,20+,21+,22-,23+,25?/m1/s1. The smallest absolute Gasteiger partial charge is 0.311 e. The summed E-state index contributed by atoms with van der Waals surface area (Å²) in [6.07, 6.45) is 7.23. The van der Waals surface area contributed by atoms with E-state index in [9.17, 15) is 4.79 Å². The zero-order valence-electron chi connectivity index (χ0n) is 16.6. The first-order valence-electron chi connectivity index (χ1n) is 10.9. The largest absolute Gasteiger partial charge is 0.469 e. The summed E-state index contributed by atoms with van der Waals surface area (Å²) in [6, 6.07) is 9.62. The number of hydrogen-bond acceptors (Lipinski definition) is 3. The number of benzene rings is 1. The van der Waals surface area contributed by atoms with Crippen molar-refractivity contribution in [1.82, 2.24) is 0 Å². The molecular formula is C23H31N2O2+. The molecule has 3 aliphatic carbocycles. The van der Waals surface area contributed by atoms with E-state index < -0.39 is 0 Å². The highest BCUT2D eigenvalue weighted by molar-refractivity contribution is 5.80. The van der Waals surface area contributed by atoms with Gasteiger partial charge in [0.15, 0.2) is 0 Å². The van der Waals surface area contributed by atoms with Crippen LogP contribution >= 0.6 is 0 Å². The summed E-state index contributed by atoms with van der Waals surface area (Å²) in [5, 5.41) is 3.98. The fourth-order valence-corrected chi connectivity index (χ4v) is 9.07. The van der Waals surface area contributed by atoms with Gasteiger partial charge in [-0.25, -0.2) is 0 Å². The maximum absolute atomic E-state index is 13.1. The van der Waals surface area contributed by atoms with Crippen LogP contribution in [0.2, 0.25) is 0 Å². The fraction of sp³-hybridized carbons (Fsp3) is 0.696. The van der Waals surface area contributed by atoms with Crippen LogP contribution in [0.15, 0.2) is 24.3 Å². The quantitative estimate of drug-likeness (QED) is 0.643. The van der Waals surface area contributed by atoms with Crippen LogP contribution in [0.25, 0.3) is 0 Å². The van der Waals surface area contributed by atoms with E-state index in [0.29, 0.717) is 11.5 Å². The molecule has 6 atom stereocenters. The molecule has 6 aliphatic rings. The highest BCUT2D eigenvalue weighted by Crippen LogP contribution is 2.75. The van der Waals surface area contributed by atoms with Gasteiger partial charge < -0.3 is 14.5 Å². The van der Waals surface area contributed by atoms with E-state index in [4.69, 9.17) is 4.74 Å². The number of anilines is 1. The molecule has 4 nitrogen and oxygen atoms in total. The Balaban J connectivity index is 1.66. The summed E-state index contributed by atoms with van der Waals surface area (Å²) in [6.45, 7) is 6.23. The minimum atomic E-state index is -0.150. The Morgan fingerprint density at radius 1 is 1.22 bits per heavy atom. The number of para-hydroxylation sites is 1. The first-order valence-corrected chi connectivity index (χ1v) is 10.9. The van der Waals surface area contributed by atoms with Gasteiger partial charge >= 0.3 is 5.97 Å². The van der Waals surface area contributed by atoms with Gasteiger partial charge in [0.25, 0.3) is 0 Å². The van der Waals surface area contributed by atoms with Crippen LogP contribution in [0.1, 0.15) is 51.0 Å². The predicted octanol–water partition coefficient (Wildman–Crippen LogP) is 3.46. The molecule has 1 unspecified atom stereocenters. The number of piperidine rings is 1. The molecule has 3 spiro atoms. The average Bonchev–Trinajstić information content (AvgIpc) is 3.23. The van der Waals surface area contributed by atoms with Crippen molar-refractivity contribution in [2.24, 2.45) is 11.3 Å². The van der Waals surface area contributed by atoms with Gasteiger partial charge in [0.2, 0.25) is 0 Å². The molecule has 0 amide bonds. The fourth-order valence-electron chi connectivity index (χ4n) is 9.07. The van der Waals surface area contributed by atoms with E-state index in [2.05, 4.69) is 36.5 Å². The van der Waals surface area contributed by atoms with Gasteiger partial charge in [-0.15, -0.1) is 0 Å². The van der Waals surface area contributed by atoms with Crippen molar-refractivity contribution in [3.63, 3.8) is 0 Å². The number of carbonyl (C=O) groups is 1. The molecule has 4 heteroatoms. The second-order valence-electron chi connectivity index (χ2n) is 9.99. The average molecular weight is 368 g/mol. The van der Waals surface area contributed by atoms with E-state index in [-0.39, 0.29) is 22.8 Å². The summed E-state index contributed by atoms with van der Waals surface area (Å²) >= 11 is 0. The highest BCUT2D eigenvalue weighted by Gasteiger charge is 2.83. The number of hydrogen-bond donors (Lipinski definition) is 1. The first kappa shape index (κ1) is 16.4. The van der Waals surface area contributed by atoms with E-state index in [0.717, 1.165) is 12.8 Å². The Labute approximate surface area is 161 Å². The first-order chi connectivity index (χ1) is 13.1. The second kappa shape index (κ2) is 4.89. The lowest BCUT2D eigenvalue weighted by atomic mass is 9.38. The summed E-state index contributed by atoms with van der Waals surface area (Å²) in [5.74, 6) is -0.00543. The van der Waals surface area contributed by atoms with Crippen molar-refractivity contribution < 1.29 is 14.0 Å². The Morgan fingerprint density at radius 3 is 2.89 bits per heavy atom. The number of rotatable bonds is 2. The van der Waals surface area contributed by atoms with Crippen molar-refractivity contribution in [2.75, 3.05) is 32.1 Å². The molecule has 3 aliphatic heterocycles. The van der Waals surface area contributed by atoms with Crippen LogP contribution in [-0.4, -0.2) is 48.8 Å². The molecule has 5 fully saturated rings. The topological polar surface area (TPSA) is 38.3 Å². The van der Waals surface area contributed by atoms with Gasteiger partial charge in [-0.3, -0.25) is 4.79 Å². The third kappa shape index (κ3) is 1.54. The Kier molecular flexibility index (Phi) is 2.97. The summed E-state index contributed by atoms with van der Waals surface area (Å²) < 4.78 is 6.67. The van der Waals surface area contributed by atoms with Crippen LogP contribution < -0.4 is 5.32 Å². The predicted molar refractivity (Wildman–Crippen MR) is 104 cm³/mol. The monoisotopic (exact) mass is 367 g/mol. The van der Waals surface area contributed by atoms with Gasteiger partial charge in [-0.2, -0.15) is 0 Å². The molecule has 2 bridgehead atoms. The van der Waals surface area contributed by atoms with Crippen LogP contribution in [-0.2, 0) is 14.9 Å². The Bertz CT molecular complexity index is 839. The second-order valence-corrected chi connectivity index (χ2v) is 9.99. The van der Waals surface area contributed by atoms with Gasteiger partial charge in [-0.05, 0) is 50.7 Å². The summed E-state index contributed by atoms with van der Waals surface area (Å²) in [4.78, 5) is 13.1. The number of carbonyl (C=O) groups excluding carboxylic acids is 1. The lowest BCUT2D eigenvalue weighted by Gasteiger charge is -2.69. The maximum atomic E-state index is 13.1. The SMILES string of the molecule is CC[N+]12CCC[C@@]34CC[C@]5(Nc6ccccc6[C@]5(CC1)[C@H]32)[C@@H](C(=O)OC)C4. The molecule has 2 saturated heterocycles. The van der Waals surface area contributed by atoms with Crippen molar-refractivity contribution >= 4 is 11.7 Å². The van der Waals surface area contributed by atoms with Crippen LogP contribution in [0.5, 0.6) is 0 Å². The van der Waals surface area contributed by atoms with Gasteiger partial charge in [0.1, 0.15) is 6.04 Å². The lowest BCUT2D eigenvalue weighted by Crippen LogP contribution is -2.80. The minimum Gasteiger partial charge on any atom is -0.469 e. The number of fused-ring (bicyclic) bond motifs is 3. The van der Waals surface area contributed by atoms with Crippen molar-refractivity contribution in [1.29, 1.82) is 0 Å². The number of likely N-dealkylation sites (N-methyl/N-ethyl adjacent to an activating group) is 1. The number of ether oxygens (including phenoxy) is 1. The van der Waals surface area contributed by atoms with E-state index in [1.165, 1.54) is 61.1 Å². The molecule has 3 saturated carbocycles. The molecule has 1 N–H and O–H groups in total. The molecule has 144 valence electrons. The van der Waals surface area contributed by atoms with Crippen LogP contribution in [0.4, 0.5) is 5.69 Å². The number of esters is 1. The molecular weight excluding hydrogens is 336 g/mol. The van der Waals surface area contributed by atoms with E-state index in [1.54, 1.807) is 7.11 Å². The van der Waals surface area contributed by atoms with Crippen molar-refractivity contribution in [2.45, 2.75) is 62.4 Å². The van der Waals surface area contributed by atoms with Gasteiger partial charge in [-0.1, -0.05) is 18.2 Å². The lowest BCUT2D eigenvalue weighted by molar-refractivity contribution is -0.955. The normalized spacial score (nSPS) is 48.4. The molecule has 1 aromatic rings. The molecule has 0 radical (unpaired) electrons. The third-order valence-corrected chi connectivity index (χ3v) is 9.72. The number of nitrogens with one attached hydrogen (secondary N) is 1. The maximum Gasteiger partial charge on any atom is 0.311 e. The zero-order valence-corrected chi connectivity index (χ0v) is 16.6. The van der Waals surface area contributed by atoms with Crippen LogP contribution in [0.3, 0.4) is 0 Å². The zero-order chi connectivity index (χ0) is 18.5. The molecule has 27 heavy (non-hydrogen) atoms. The molecule has 0 aromatic heterocycles. The number of methoxy groups -OCH3 is 1. The van der Waals surface area contributed by atoms with Crippen LogP contribution in [0, 0.1) is 11.3 Å². The van der Waals surface area contributed by atoms with Gasteiger partial charge in [0.05, 0.1) is 43.6 Å². The van der Waals surface area contributed by atoms with E-state index in [1.807, 2.05) is 0 Å². The molecule has 7 rings (SSSR count). The third-order valence-electron chi connectivity index (χ3n) is 9.72. The highest BCUT2D eigenvalue weighted by atomic mass is 16.5. The van der Waals surface area contributed by atoms with E-state index >= 15 is 0 Å². The molecule has 3 heterocycles. The Morgan fingerprint density at radius 2 is 2.07 bits per heavy atom. The van der Waals surface area contributed by atoms with Crippen molar-refractivity contribution in [3.8, 4) is 0 Å². The van der Waals surface area contributed by atoms with Crippen molar-refractivity contribution in [3.05, 3.63) is 29.8 Å². The number of nitrogens with zero attached hydrogens (tertiary/aromatic N) is 1.